The lowest BCUT2D eigenvalue weighted by atomic mass is 9.62. The Labute approximate surface area is 168 Å². The number of rotatable bonds is 2. The first-order chi connectivity index (χ1) is 13.3. The van der Waals surface area contributed by atoms with Gasteiger partial charge < -0.3 is 20.4 Å². The van der Waals surface area contributed by atoms with Crippen molar-refractivity contribution in [3.63, 3.8) is 0 Å². The number of aromatic nitrogens is 3. The Morgan fingerprint density at radius 1 is 1.03 bits per heavy atom. The van der Waals surface area contributed by atoms with Crippen molar-refractivity contribution in [2.75, 3.05) is 0 Å². The van der Waals surface area contributed by atoms with Crippen molar-refractivity contribution < 1.29 is 20.4 Å². The molecule has 2 atom stereocenters. The molecule has 3 rings (SSSR count). The van der Waals surface area contributed by atoms with Crippen molar-refractivity contribution in [2.45, 2.75) is 64.2 Å². The molecule has 0 spiro atoms. The molecule has 2 aromatic heterocycles. The second kappa shape index (κ2) is 6.61. The third-order valence-electron chi connectivity index (χ3n) is 5.82. The fourth-order valence-electron chi connectivity index (χ4n) is 4.21. The molecular weight excluding hydrogens is 376 g/mol. The quantitative estimate of drug-likeness (QED) is 0.582. The van der Waals surface area contributed by atoms with E-state index in [9.17, 15) is 30.5 Å². The number of hydrogen-bond acceptors (Lipinski definition) is 7. The fourth-order valence-corrected chi connectivity index (χ4v) is 4.21. The zero-order chi connectivity index (χ0) is 22.0. The van der Waals surface area contributed by atoms with Gasteiger partial charge in [0.25, 0.3) is 5.56 Å². The van der Waals surface area contributed by atoms with Crippen molar-refractivity contribution in [3.8, 4) is 17.8 Å². The monoisotopic (exact) mass is 402 g/mol. The molecule has 0 radical (unpaired) electrons. The van der Waals surface area contributed by atoms with E-state index in [4.69, 9.17) is 0 Å². The SMILES string of the molecule is Cc1nn(C(C)(C)C)c(O)c1C1C(O)C(c2c(C)c(C#N)c(=O)n(C)c2O)C1O. The van der Waals surface area contributed by atoms with Gasteiger partial charge in [-0.3, -0.25) is 9.36 Å². The summed E-state index contributed by atoms with van der Waals surface area (Å²) < 4.78 is 2.36. The van der Waals surface area contributed by atoms with Crippen LogP contribution in [0.25, 0.3) is 0 Å². The van der Waals surface area contributed by atoms with Gasteiger partial charge in [-0.05, 0) is 40.2 Å². The van der Waals surface area contributed by atoms with Crippen LogP contribution in [0.3, 0.4) is 0 Å². The van der Waals surface area contributed by atoms with Crippen LogP contribution < -0.4 is 5.56 Å². The van der Waals surface area contributed by atoms with Crippen molar-refractivity contribution in [1.29, 1.82) is 5.26 Å². The molecule has 29 heavy (non-hydrogen) atoms. The molecule has 1 aliphatic rings. The van der Waals surface area contributed by atoms with E-state index in [1.807, 2.05) is 26.8 Å². The molecule has 0 aromatic carbocycles. The highest BCUT2D eigenvalue weighted by atomic mass is 16.3. The molecular formula is C20H26N4O5. The van der Waals surface area contributed by atoms with Gasteiger partial charge in [-0.2, -0.15) is 10.4 Å². The van der Waals surface area contributed by atoms with Crippen molar-refractivity contribution in [1.82, 2.24) is 14.3 Å². The normalized spacial score (nSPS) is 24.2. The smallest absolute Gasteiger partial charge is 0.271 e. The molecule has 1 saturated carbocycles. The Balaban J connectivity index is 2.10. The highest BCUT2D eigenvalue weighted by Crippen LogP contribution is 2.53. The highest BCUT2D eigenvalue weighted by molar-refractivity contribution is 5.51. The predicted molar refractivity (Wildman–Crippen MR) is 104 cm³/mol. The lowest BCUT2D eigenvalue weighted by Gasteiger charge is -2.47. The summed E-state index contributed by atoms with van der Waals surface area (Å²) in [6.45, 7) is 8.80. The minimum atomic E-state index is -1.15. The van der Waals surface area contributed by atoms with Crippen LogP contribution in [-0.2, 0) is 12.6 Å². The number of hydrogen-bond donors (Lipinski definition) is 4. The summed E-state index contributed by atoms with van der Waals surface area (Å²) >= 11 is 0. The Morgan fingerprint density at radius 2 is 1.55 bits per heavy atom. The zero-order valence-electron chi connectivity index (χ0n) is 17.3. The van der Waals surface area contributed by atoms with Crippen LogP contribution in [0.5, 0.6) is 11.8 Å². The topological polar surface area (TPSA) is 145 Å². The number of aliphatic hydroxyl groups is 2. The average molecular weight is 402 g/mol. The number of aliphatic hydroxyl groups excluding tert-OH is 2. The summed E-state index contributed by atoms with van der Waals surface area (Å²) in [6, 6.07) is 1.82. The van der Waals surface area contributed by atoms with Gasteiger partial charge in [0.05, 0.1) is 23.4 Å². The van der Waals surface area contributed by atoms with Gasteiger partial charge in [-0.25, -0.2) is 4.68 Å². The Hall–Kier alpha value is -2.83. The summed E-state index contributed by atoms with van der Waals surface area (Å²) in [6.07, 6.45) is -2.30. The molecule has 9 nitrogen and oxygen atoms in total. The third-order valence-corrected chi connectivity index (χ3v) is 5.82. The first-order valence-corrected chi connectivity index (χ1v) is 9.32. The Bertz CT molecular complexity index is 1080. The first-order valence-electron chi connectivity index (χ1n) is 9.32. The molecule has 2 heterocycles. The van der Waals surface area contributed by atoms with Crippen molar-refractivity contribution in [3.05, 3.63) is 38.3 Å². The Kier molecular flexibility index (Phi) is 4.76. The van der Waals surface area contributed by atoms with E-state index >= 15 is 0 Å². The summed E-state index contributed by atoms with van der Waals surface area (Å²) in [7, 11) is 1.32. The van der Waals surface area contributed by atoms with Gasteiger partial charge in [0.2, 0.25) is 5.88 Å². The van der Waals surface area contributed by atoms with Crippen LogP contribution >= 0.6 is 0 Å². The summed E-state index contributed by atoms with van der Waals surface area (Å²) in [5, 5.41) is 56.6. The molecule has 0 aliphatic heterocycles. The number of aromatic hydroxyl groups is 2. The van der Waals surface area contributed by atoms with Crippen LogP contribution in [-0.4, -0.2) is 47.0 Å². The fraction of sp³-hybridized carbons (Fsp3) is 0.550. The van der Waals surface area contributed by atoms with E-state index < -0.39 is 41.0 Å². The van der Waals surface area contributed by atoms with Crippen LogP contribution in [0.2, 0.25) is 0 Å². The number of nitriles is 1. The van der Waals surface area contributed by atoms with Crippen LogP contribution in [0.4, 0.5) is 0 Å². The maximum absolute atomic E-state index is 12.2. The highest BCUT2D eigenvalue weighted by Gasteiger charge is 2.54. The van der Waals surface area contributed by atoms with Crippen LogP contribution in [0, 0.1) is 25.2 Å². The number of pyridine rings is 1. The Morgan fingerprint density at radius 3 is 2.00 bits per heavy atom. The molecule has 0 bridgehead atoms. The van der Waals surface area contributed by atoms with Crippen molar-refractivity contribution in [2.24, 2.45) is 7.05 Å². The first kappa shape index (κ1) is 20.9. The minimum absolute atomic E-state index is 0.129. The molecule has 4 N–H and O–H groups in total. The van der Waals surface area contributed by atoms with E-state index in [0.29, 0.717) is 11.3 Å². The van der Waals surface area contributed by atoms with Crippen LogP contribution in [0.1, 0.15) is 60.6 Å². The van der Waals surface area contributed by atoms with E-state index in [1.165, 1.54) is 18.7 Å². The lowest BCUT2D eigenvalue weighted by Crippen LogP contribution is -2.52. The number of nitrogens with zero attached hydrogens (tertiary/aromatic N) is 4. The van der Waals surface area contributed by atoms with E-state index in [2.05, 4.69) is 5.10 Å². The molecule has 1 fully saturated rings. The third kappa shape index (κ3) is 2.82. The molecule has 0 amide bonds. The van der Waals surface area contributed by atoms with Gasteiger partial charge in [0.15, 0.2) is 5.88 Å². The lowest BCUT2D eigenvalue weighted by molar-refractivity contribution is -0.0806. The number of aryl methyl sites for hydroxylation is 1. The van der Waals surface area contributed by atoms with E-state index in [0.717, 1.165) is 4.57 Å². The van der Waals surface area contributed by atoms with Crippen molar-refractivity contribution >= 4 is 0 Å². The standard InChI is InChI=1S/C20H26N4O5/c1-8-10(7-21)17(27)23(6)18(28)11(8)13-15(25)14(16(13)26)12-9(2)22-24(19(12)29)20(3,4)5/h13-16,25-26,28-29H,1-6H3. The van der Waals surface area contributed by atoms with E-state index in [-0.39, 0.29) is 22.6 Å². The summed E-state index contributed by atoms with van der Waals surface area (Å²) in [5.74, 6) is -2.27. The van der Waals surface area contributed by atoms with Gasteiger partial charge in [-0.15, -0.1) is 0 Å². The largest absolute Gasteiger partial charge is 0.494 e. The summed E-state index contributed by atoms with van der Waals surface area (Å²) in [5.41, 5.74) is -0.0906. The molecule has 1 aliphatic carbocycles. The maximum Gasteiger partial charge on any atom is 0.271 e. The maximum atomic E-state index is 12.2. The minimum Gasteiger partial charge on any atom is -0.494 e. The van der Waals surface area contributed by atoms with Crippen LogP contribution in [0.15, 0.2) is 4.79 Å². The second-order valence-corrected chi connectivity index (χ2v) is 8.65. The summed E-state index contributed by atoms with van der Waals surface area (Å²) in [4.78, 5) is 12.2. The van der Waals surface area contributed by atoms with Gasteiger partial charge in [-0.1, -0.05) is 0 Å². The average Bonchev–Trinajstić information content (AvgIpc) is 2.93. The zero-order valence-corrected chi connectivity index (χ0v) is 17.3. The molecule has 0 saturated heterocycles. The molecule has 2 unspecified atom stereocenters. The van der Waals surface area contributed by atoms with Gasteiger partial charge >= 0.3 is 0 Å². The molecule has 2 aromatic rings. The molecule has 9 heteroatoms. The second-order valence-electron chi connectivity index (χ2n) is 8.65. The predicted octanol–water partition coefficient (Wildman–Crippen LogP) is 0.839. The van der Waals surface area contributed by atoms with Gasteiger partial charge in [0.1, 0.15) is 11.6 Å². The molecule has 156 valence electrons. The van der Waals surface area contributed by atoms with E-state index in [1.54, 1.807) is 6.92 Å². The van der Waals surface area contributed by atoms with Gasteiger partial charge in [0, 0.05) is 30.0 Å².